The van der Waals surface area contributed by atoms with E-state index in [9.17, 15) is 27.6 Å². The van der Waals surface area contributed by atoms with Crippen LogP contribution >= 0.6 is 0 Å². The van der Waals surface area contributed by atoms with Crippen LogP contribution in [0.3, 0.4) is 0 Å². The summed E-state index contributed by atoms with van der Waals surface area (Å²) in [6.07, 6.45) is -5.00. The summed E-state index contributed by atoms with van der Waals surface area (Å²) in [6.45, 7) is 1.59. The number of nitrogens with two attached hydrogens (primary N) is 1. The van der Waals surface area contributed by atoms with Gasteiger partial charge in [-0.3, -0.25) is 14.4 Å². The first-order chi connectivity index (χ1) is 24.5. The van der Waals surface area contributed by atoms with Crippen LogP contribution in [0.5, 0.6) is 11.5 Å². The Hall–Kier alpha value is -5.94. The first kappa shape index (κ1) is 36.3. The molecule has 5 rings (SSSR count). The predicted octanol–water partition coefficient (Wildman–Crippen LogP) is 8.21. The number of alkyl halides is 3. The van der Waals surface area contributed by atoms with Crippen molar-refractivity contribution in [3.8, 4) is 22.6 Å². The molecule has 0 aliphatic carbocycles. The van der Waals surface area contributed by atoms with E-state index >= 15 is 0 Å². The van der Waals surface area contributed by atoms with Crippen molar-refractivity contribution < 1.29 is 32.3 Å². The summed E-state index contributed by atoms with van der Waals surface area (Å²) in [4.78, 5) is 39.6. The third kappa shape index (κ3) is 10.1. The summed E-state index contributed by atoms with van der Waals surface area (Å²) in [6, 6.07) is 34.5. The van der Waals surface area contributed by atoms with Crippen LogP contribution in [-0.2, 0) is 40.2 Å². The number of carbonyl (C=O) groups is 3. The fourth-order valence-corrected chi connectivity index (χ4v) is 5.46. The standard InChI is InChI=1S/C40H37F3N4O4/c1-27(48)46-33-19-17-31(18-20-33)30-15-13-28(14-16-30)26-47(36-11-4-5-12-37(36)51-34-9-6-7-29(23-34)24-44)39(50)22-21-38(49)45-25-32-8-2-3-10-35(32)40(41,42)43/h2-20,23H,21-22,24-26,44H2,1H3,(H,45,49)(H,46,48). The second-order valence-corrected chi connectivity index (χ2v) is 11.8. The maximum Gasteiger partial charge on any atom is 0.416 e. The summed E-state index contributed by atoms with van der Waals surface area (Å²) in [5, 5.41) is 5.27. The maximum atomic E-state index is 13.9. The van der Waals surface area contributed by atoms with Gasteiger partial charge < -0.3 is 26.0 Å². The van der Waals surface area contributed by atoms with Gasteiger partial charge in [-0.2, -0.15) is 13.2 Å². The molecule has 0 unspecified atom stereocenters. The highest BCUT2D eigenvalue weighted by atomic mass is 19.4. The summed E-state index contributed by atoms with van der Waals surface area (Å²) >= 11 is 0. The van der Waals surface area contributed by atoms with E-state index in [-0.39, 0.29) is 43.3 Å². The Kier molecular flexibility index (Phi) is 11.9. The molecule has 8 nitrogen and oxygen atoms in total. The van der Waals surface area contributed by atoms with E-state index < -0.39 is 17.6 Å². The summed E-state index contributed by atoms with van der Waals surface area (Å²) in [5.41, 5.74) is 9.62. The van der Waals surface area contributed by atoms with Crippen molar-refractivity contribution in [1.82, 2.24) is 5.32 Å². The Balaban J connectivity index is 1.35. The number of halogens is 3. The zero-order chi connectivity index (χ0) is 36.4. The van der Waals surface area contributed by atoms with Gasteiger partial charge in [-0.15, -0.1) is 0 Å². The number of nitrogens with one attached hydrogen (secondary N) is 2. The number of anilines is 2. The van der Waals surface area contributed by atoms with E-state index in [0.717, 1.165) is 28.3 Å². The van der Waals surface area contributed by atoms with E-state index in [0.29, 0.717) is 29.4 Å². The fraction of sp³-hybridized carbons (Fsp3) is 0.175. The second kappa shape index (κ2) is 16.6. The van der Waals surface area contributed by atoms with Crippen LogP contribution in [0.25, 0.3) is 11.1 Å². The minimum Gasteiger partial charge on any atom is -0.455 e. The van der Waals surface area contributed by atoms with Gasteiger partial charge in [-0.05, 0) is 70.3 Å². The van der Waals surface area contributed by atoms with E-state index in [2.05, 4.69) is 10.6 Å². The van der Waals surface area contributed by atoms with Gasteiger partial charge in [0.05, 0.1) is 17.8 Å². The van der Waals surface area contributed by atoms with Crippen molar-refractivity contribution in [2.24, 2.45) is 5.73 Å². The van der Waals surface area contributed by atoms with E-state index in [4.69, 9.17) is 10.5 Å². The van der Waals surface area contributed by atoms with Crippen molar-refractivity contribution >= 4 is 29.1 Å². The third-order valence-corrected chi connectivity index (χ3v) is 8.02. The zero-order valence-electron chi connectivity index (χ0n) is 27.9. The van der Waals surface area contributed by atoms with Crippen molar-refractivity contribution in [3.05, 3.63) is 144 Å². The molecule has 262 valence electrons. The molecule has 5 aromatic rings. The summed E-state index contributed by atoms with van der Waals surface area (Å²) < 4.78 is 46.5. The molecule has 0 radical (unpaired) electrons. The SMILES string of the molecule is CC(=O)Nc1ccc(-c2ccc(CN(C(=O)CCC(=O)NCc3ccccc3C(F)(F)F)c3ccccc3Oc3cccc(CN)c3)cc2)cc1. The maximum absolute atomic E-state index is 13.9. The lowest BCUT2D eigenvalue weighted by Gasteiger charge is -2.25. The highest BCUT2D eigenvalue weighted by Crippen LogP contribution is 2.35. The van der Waals surface area contributed by atoms with Gasteiger partial charge >= 0.3 is 6.18 Å². The number of rotatable bonds is 13. The molecule has 0 spiro atoms. The summed E-state index contributed by atoms with van der Waals surface area (Å²) in [5.74, 6) is -0.161. The molecule has 0 fully saturated rings. The quantitative estimate of drug-likeness (QED) is 0.115. The molecule has 0 aromatic heterocycles. The molecular weight excluding hydrogens is 657 g/mol. The first-order valence-electron chi connectivity index (χ1n) is 16.2. The van der Waals surface area contributed by atoms with Crippen LogP contribution in [-0.4, -0.2) is 17.7 Å². The minimum atomic E-state index is -4.56. The van der Waals surface area contributed by atoms with Gasteiger partial charge in [0.2, 0.25) is 17.7 Å². The Morgan fingerprint density at radius 1 is 0.765 bits per heavy atom. The largest absolute Gasteiger partial charge is 0.455 e. The summed E-state index contributed by atoms with van der Waals surface area (Å²) in [7, 11) is 0. The normalized spacial score (nSPS) is 11.1. The van der Waals surface area contributed by atoms with Crippen molar-refractivity contribution in [2.45, 2.75) is 45.6 Å². The second-order valence-electron chi connectivity index (χ2n) is 11.8. The molecule has 0 saturated carbocycles. The molecule has 0 bridgehead atoms. The smallest absolute Gasteiger partial charge is 0.416 e. The Labute approximate surface area is 294 Å². The molecule has 0 saturated heterocycles. The zero-order valence-corrected chi connectivity index (χ0v) is 27.9. The number of nitrogens with zero attached hydrogens (tertiary/aromatic N) is 1. The van der Waals surface area contributed by atoms with Gasteiger partial charge in [0.15, 0.2) is 5.75 Å². The van der Waals surface area contributed by atoms with Gasteiger partial charge in [0.1, 0.15) is 5.75 Å². The number of hydrogen-bond donors (Lipinski definition) is 3. The Bertz CT molecular complexity index is 1980. The lowest BCUT2D eigenvalue weighted by molar-refractivity contribution is -0.138. The molecule has 0 aliphatic rings. The molecule has 11 heteroatoms. The van der Waals surface area contributed by atoms with E-state index in [1.54, 1.807) is 30.3 Å². The third-order valence-electron chi connectivity index (χ3n) is 8.02. The number of benzene rings is 5. The van der Waals surface area contributed by atoms with Gasteiger partial charge in [0, 0.05) is 38.5 Å². The van der Waals surface area contributed by atoms with Crippen LogP contribution in [0.15, 0.2) is 121 Å². The number of para-hydroxylation sites is 2. The molecular formula is C40H37F3N4O4. The average molecular weight is 695 g/mol. The lowest BCUT2D eigenvalue weighted by Crippen LogP contribution is -2.32. The first-order valence-corrected chi connectivity index (χ1v) is 16.2. The highest BCUT2D eigenvalue weighted by molar-refractivity contribution is 5.96. The van der Waals surface area contributed by atoms with Crippen LogP contribution in [0.2, 0.25) is 0 Å². The van der Waals surface area contributed by atoms with Crippen molar-refractivity contribution in [3.63, 3.8) is 0 Å². The van der Waals surface area contributed by atoms with Crippen LogP contribution in [0.1, 0.15) is 42.0 Å². The molecule has 0 heterocycles. The highest BCUT2D eigenvalue weighted by Gasteiger charge is 2.33. The minimum absolute atomic E-state index is 0.0665. The predicted molar refractivity (Wildman–Crippen MR) is 191 cm³/mol. The topological polar surface area (TPSA) is 114 Å². The molecule has 0 atom stereocenters. The molecule has 51 heavy (non-hydrogen) atoms. The monoisotopic (exact) mass is 694 g/mol. The molecule has 0 aliphatic heterocycles. The van der Waals surface area contributed by atoms with Gasteiger partial charge in [0.25, 0.3) is 0 Å². The van der Waals surface area contributed by atoms with Crippen LogP contribution < -0.4 is 26.0 Å². The Morgan fingerprint density at radius 3 is 2.12 bits per heavy atom. The Morgan fingerprint density at radius 2 is 1.43 bits per heavy atom. The molecule has 5 aromatic carbocycles. The molecule has 4 N–H and O–H groups in total. The van der Waals surface area contributed by atoms with Gasteiger partial charge in [-0.25, -0.2) is 0 Å². The van der Waals surface area contributed by atoms with Crippen LogP contribution in [0.4, 0.5) is 24.5 Å². The number of amides is 3. The van der Waals surface area contributed by atoms with Crippen molar-refractivity contribution in [1.29, 1.82) is 0 Å². The number of ether oxygens (including phenoxy) is 1. The fourth-order valence-electron chi connectivity index (χ4n) is 5.46. The average Bonchev–Trinajstić information content (AvgIpc) is 3.12. The van der Waals surface area contributed by atoms with E-state index in [1.165, 1.54) is 30.0 Å². The molecule has 3 amide bonds. The van der Waals surface area contributed by atoms with Gasteiger partial charge in [-0.1, -0.05) is 78.9 Å². The van der Waals surface area contributed by atoms with E-state index in [1.807, 2.05) is 66.7 Å². The van der Waals surface area contributed by atoms with Crippen LogP contribution in [0, 0.1) is 0 Å². The number of hydrogen-bond acceptors (Lipinski definition) is 5. The lowest BCUT2D eigenvalue weighted by atomic mass is 10.0. The van der Waals surface area contributed by atoms with Crippen molar-refractivity contribution in [2.75, 3.05) is 10.2 Å². The number of carbonyl (C=O) groups excluding carboxylic acids is 3.